The average Bonchev–Trinajstić information content (AvgIpc) is 3.39. The van der Waals surface area contributed by atoms with Gasteiger partial charge < -0.3 is 14.8 Å². The van der Waals surface area contributed by atoms with E-state index in [9.17, 15) is 9.59 Å². The lowest BCUT2D eigenvalue weighted by molar-refractivity contribution is -0.123. The standard InChI is InChI=1S/C36H43Cl3N4O4/c1-9-29(47-30-15-12-21(35(4,5)10-2)16-24(30)36(6,7)11-3)34(45)40-22-13-14-25(37)28(17-22)41-31-20-32(44)43(42-31)33-26(38)18-23(46-8)19-27(33)39/h12-19,29H,9-11,20H2,1-8H3,(H,40,45)(H,41,42). The summed E-state index contributed by atoms with van der Waals surface area (Å²) in [6.45, 7) is 15.1. The number of benzene rings is 3. The van der Waals surface area contributed by atoms with Crippen LogP contribution in [0.25, 0.3) is 0 Å². The van der Waals surface area contributed by atoms with Gasteiger partial charge in [-0.1, -0.05) is 95.4 Å². The Hall–Kier alpha value is -3.46. The van der Waals surface area contributed by atoms with Gasteiger partial charge in [-0.15, -0.1) is 0 Å². The van der Waals surface area contributed by atoms with Crippen LogP contribution in [0.15, 0.2) is 53.5 Å². The molecule has 0 radical (unpaired) electrons. The van der Waals surface area contributed by atoms with Gasteiger partial charge in [0.05, 0.1) is 34.3 Å². The fraction of sp³-hybridized carbons (Fsp3) is 0.417. The normalized spacial score (nSPS) is 15.1. The zero-order valence-corrected chi connectivity index (χ0v) is 30.5. The highest BCUT2D eigenvalue weighted by Crippen LogP contribution is 2.40. The number of anilines is 2. The first-order valence-corrected chi connectivity index (χ1v) is 16.9. The van der Waals surface area contributed by atoms with E-state index in [4.69, 9.17) is 44.3 Å². The summed E-state index contributed by atoms with van der Waals surface area (Å²) in [5.74, 6) is 0.897. The molecule has 1 heterocycles. The molecule has 3 aromatic carbocycles. The first kappa shape index (κ1) is 36.4. The number of carbonyl (C=O) groups is 2. The van der Waals surface area contributed by atoms with Crippen LogP contribution in [-0.2, 0) is 20.4 Å². The Morgan fingerprint density at radius 1 is 0.957 bits per heavy atom. The Morgan fingerprint density at radius 2 is 1.62 bits per heavy atom. The molecule has 47 heavy (non-hydrogen) atoms. The maximum Gasteiger partial charge on any atom is 0.265 e. The molecular formula is C36H43Cl3N4O4. The number of halogens is 3. The molecule has 0 aliphatic carbocycles. The quantitative estimate of drug-likeness (QED) is 0.196. The minimum atomic E-state index is -0.737. The largest absolute Gasteiger partial charge is 0.497 e. The zero-order chi connectivity index (χ0) is 34.7. The zero-order valence-electron chi connectivity index (χ0n) is 28.2. The van der Waals surface area contributed by atoms with Crippen LogP contribution in [0.1, 0.15) is 85.3 Å². The molecule has 11 heteroatoms. The molecule has 3 aromatic rings. The summed E-state index contributed by atoms with van der Waals surface area (Å²) < 4.78 is 11.6. The fourth-order valence-corrected chi connectivity index (χ4v) is 5.86. The highest BCUT2D eigenvalue weighted by molar-refractivity contribution is 6.40. The fourth-order valence-electron chi connectivity index (χ4n) is 5.07. The molecule has 2 N–H and O–H groups in total. The highest BCUT2D eigenvalue weighted by atomic mass is 35.5. The topological polar surface area (TPSA) is 92.3 Å². The van der Waals surface area contributed by atoms with E-state index in [1.54, 1.807) is 30.3 Å². The average molecular weight is 702 g/mol. The van der Waals surface area contributed by atoms with Crippen LogP contribution in [-0.4, -0.2) is 30.9 Å². The molecule has 2 amide bonds. The van der Waals surface area contributed by atoms with Crippen molar-refractivity contribution in [2.45, 2.75) is 91.1 Å². The van der Waals surface area contributed by atoms with E-state index < -0.39 is 6.10 Å². The van der Waals surface area contributed by atoms with Crippen molar-refractivity contribution in [3.8, 4) is 11.5 Å². The molecule has 1 aliphatic rings. The van der Waals surface area contributed by atoms with Crippen LogP contribution in [0.2, 0.25) is 15.1 Å². The number of rotatable bonds is 12. The van der Waals surface area contributed by atoms with Gasteiger partial charge in [0.1, 0.15) is 23.0 Å². The molecule has 1 unspecified atom stereocenters. The number of amides is 2. The second kappa shape index (κ2) is 14.8. The summed E-state index contributed by atoms with van der Waals surface area (Å²) >= 11 is 19.3. The number of methoxy groups -OCH3 is 1. The predicted molar refractivity (Wildman–Crippen MR) is 193 cm³/mol. The van der Waals surface area contributed by atoms with Gasteiger partial charge in [-0.2, -0.15) is 0 Å². The van der Waals surface area contributed by atoms with Crippen molar-refractivity contribution in [2.24, 2.45) is 4.99 Å². The minimum absolute atomic E-state index is 0.0175. The van der Waals surface area contributed by atoms with Crippen molar-refractivity contribution in [1.29, 1.82) is 0 Å². The Balaban J connectivity index is 1.55. The highest BCUT2D eigenvalue weighted by Gasteiger charge is 2.32. The van der Waals surface area contributed by atoms with Crippen molar-refractivity contribution < 1.29 is 19.1 Å². The van der Waals surface area contributed by atoms with Crippen LogP contribution in [0.5, 0.6) is 11.5 Å². The van der Waals surface area contributed by atoms with E-state index in [-0.39, 0.29) is 44.8 Å². The Morgan fingerprint density at radius 3 is 2.21 bits per heavy atom. The number of aliphatic imine (C=N–C) groups is 1. The third-order valence-electron chi connectivity index (χ3n) is 8.92. The van der Waals surface area contributed by atoms with Crippen molar-refractivity contribution in [2.75, 3.05) is 17.4 Å². The summed E-state index contributed by atoms with van der Waals surface area (Å²) in [6, 6.07) is 14.4. The third-order valence-corrected chi connectivity index (χ3v) is 9.81. The van der Waals surface area contributed by atoms with Crippen LogP contribution < -0.4 is 25.2 Å². The number of hydrogen-bond donors (Lipinski definition) is 2. The molecule has 1 saturated heterocycles. The summed E-state index contributed by atoms with van der Waals surface area (Å²) in [5.41, 5.74) is 6.30. The number of hydrazine groups is 1. The molecule has 1 atom stereocenters. The van der Waals surface area contributed by atoms with E-state index in [0.717, 1.165) is 18.4 Å². The second-order valence-corrected chi connectivity index (χ2v) is 14.1. The van der Waals surface area contributed by atoms with Gasteiger partial charge in [-0.05, 0) is 59.9 Å². The molecule has 1 aliphatic heterocycles. The monoisotopic (exact) mass is 700 g/mol. The van der Waals surface area contributed by atoms with Gasteiger partial charge in [0.15, 0.2) is 6.10 Å². The van der Waals surface area contributed by atoms with Gasteiger partial charge in [-0.3, -0.25) is 15.0 Å². The number of nitrogens with zero attached hydrogens (tertiary/aromatic N) is 2. The maximum atomic E-state index is 13.5. The summed E-state index contributed by atoms with van der Waals surface area (Å²) in [5, 5.41) is 5.01. The Bertz CT molecular complexity index is 1670. The maximum absolute atomic E-state index is 13.5. The SMILES string of the molecule is CCC(Oc1ccc(C(C)(C)CC)cc1C(C)(C)CC)C(=O)Nc1ccc(Cl)c(N=C2CC(=O)N(c3c(Cl)cc(OC)cc3Cl)N2)c1. The van der Waals surface area contributed by atoms with E-state index in [2.05, 4.69) is 69.4 Å². The van der Waals surface area contributed by atoms with E-state index in [0.29, 0.717) is 40.2 Å². The van der Waals surface area contributed by atoms with E-state index >= 15 is 0 Å². The molecule has 0 saturated carbocycles. The summed E-state index contributed by atoms with van der Waals surface area (Å²) in [7, 11) is 1.50. The van der Waals surface area contributed by atoms with Crippen LogP contribution in [0.3, 0.4) is 0 Å². The smallest absolute Gasteiger partial charge is 0.265 e. The molecule has 4 rings (SSSR count). The van der Waals surface area contributed by atoms with Gasteiger partial charge in [0.2, 0.25) is 0 Å². The lowest BCUT2D eigenvalue weighted by atomic mass is 9.76. The molecule has 0 aromatic heterocycles. The van der Waals surface area contributed by atoms with E-state index in [1.807, 2.05) is 13.0 Å². The number of hydrogen-bond acceptors (Lipinski definition) is 5. The lowest BCUT2D eigenvalue weighted by Gasteiger charge is -2.31. The summed E-state index contributed by atoms with van der Waals surface area (Å²) in [4.78, 5) is 31.0. The first-order chi connectivity index (χ1) is 22.1. The van der Waals surface area contributed by atoms with Gasteiger partial charge >= 0.3 is 0 Å². The minimum Gasteiger partial charge on any atom is -0.497 e. The predicted octanol–water partition coefficient (Wildman–Crippen LogP) is 9.80. The molecule has 252 valence electrons. The van der Waals surface area contributed by atoms with Crippen LogP contribution in [0, 0.1) is 0 Å². The van der Waals surface area contributed by atoms with Gasteiger partial charge in [-0.25, -0.2) is 10.0 Å². The molecule has 0 bridgehead atoms. The van der Waals surface area contributed by atoms with Crippen molar-refractivity contribution in [1.82, 2.24) is 5.43 Å². The number of carbonyl (C=O) groups excluding carboxylic acids is 2. The van der Waals surface area contributed by atoms with Crippen LogP contribution in [0.4, 0.5) is 17.1 Å². The number of ether oxygens (including phenoxy) is 2. The summed E-state index contributed by atoms with van der Waals surface area (Å²) in [6.07, 6.45) is 1.60. The molecule has 1 fully saturated rings. The third kappa shape index (κ3) is 8.16. The molecular weight excluding hydrogens is 659 g/mol. The van der Waals surface area contributed by atoms with Crippen molar-refractivity contribution in [3.05, 3.63) is 74.7 Å². The number of amidine groups is 1. The van der Waals surface area contributed by atoms with Crippen molar-refractivity contribution >= 4 is 69.5 Å². The van der Waals surface area contributed by atoms with Crippen molar-refractivity contribution in [3.63, 3.8) is 0 Å². The Labute approximate surface area is 292 Å². The lowest BCUT2D eigenvalue weighted by Crippen LogP contribution is -2.36. The van der Waals surface area contributed by atoms with E-state index in [1.165, 1.54) is 17.7 Å². The second-order valence-electron chi connectivity index (χ2n) is 12.9. The molecule has 8 nitrogen and oxygen atoms in total. The van der Waals surface area contributed by atoms with Gasteiger partial charge in [0.25, 0.3) is 11.8 Å². The van der Waals surface area contributed by atoms with Crippen LogP contribution >= 0.6 is 34.8 Å². The molecule has 0 spiro atoms. The number of nitrogens with one attached hydrogen (secondary N) is 2. The van der Waals surface area contributed by atoms with Gasteiger partial charge in [0, 0.05) is 23.4 Å². The Kier molecular flexibility index (Phi) is 11.4. The first-order valence-electron chi connectivity index (χ1n) is 15.8.